The monoisotopic (exact) mass is 313 g/mol. The van der Waals surface area contributed by atoms with Gasteiger partial charge in [0, 0.05) is 5.56 Å². The lowest BCUT2D eigenvalue weighted by Crippen LogP contribution is -2.03. The topological polar surface area (TPSA) is 39.4 Å². The van der Waals surface area contributed by atoms with E-state index in [2.05, 4.69) is 16.0 Å². The highest BCUT2D eigenvalue weighted by molar-refractivity contribution is 5.67. The molecule has 0 radical (unpaired) electrons. The standard InChI is InChI=1S/C17H13F2N3O/c1-3-11-10-20-22-15(16(18)19)9-14(21-17(11)22)12-6-5-7-13(8-12)23-4-2/h1,5-10,16H,4H2,2H3. The molecule has 0 atom stereocenters. The molecule has 0 saturated heterocycles. The molecular weight excluding hydrogens is 300 g/mol. The van der Waals surface area contributed by atoms with Gasteiger partial charge in [-0.05, 0) is 25.1 Å². The number of fused-ring (bicyclic) bond motifs is 1. The average molecular weight is 313 g/mol. The van der Waals surface area contributed by atoms with Gasteiger partial charge < -0.3 is 4.74 Å². The highest BCUT2D eigenvalue weighted by atomic mass is 19.3. The van der Waals surface area contributed by atoms with Gasteiger partial charge in [0.1, 0.15) is 11.4 Å². The molecule has 23 heavy (non-hydrogen) atoms. The van der Waals surface area contributed by atoms with Crippen LogP contribution in [0.15, 0.2) is 36.5 Å². The highest BCUT2D eigenvalue weighted by Gasteiger charge is 2.18. The van der Waals surface area contributed by atoms with E-state index >= 15 is 0 Å². The summed E-state index contributed by atoms with van der Waals surface area (Å²) in [6.07, 6.45) is 4.05. The van der Waals surface area contributed by atoms with Crippen LogP contribution < -0.4 is 4.74 Å². The van der Waals surface area contributed by atoms with E-state index < -0.39 is 6.43 Å². The summed E-state index contributed by atoms with van der Waals surface area (Å²) in [5.41, 5.74) is 1.42. The Bertz CT molecular complexity index is 896. The van der Waals surface area contributed by atoms with Crippen LogP contribution in [0.2, 0.25) is 0 Å². The first-order valence-electron chi connectivity index (χ1n) is 7.00. The Morgan fingerprint density at radius 1 is 1.35 bits per heavy atom. The summed E-state index contributed by atoms with van der Waals surface area (Å²) >= 11 is 0. The summed E-state index contributed by atoms with van der Waals surface area (Å²) in [7, 11) is 0. The molecule has 1 aromatic carbocycles. The van der Waals surface area contributed by atoms with Crippen LogP contribution in [0.5, 0.6) is 5.75 Å². The van der Waals surface area contributed by atoms with Gasteiger partial charge in [0.15, 0.2) is 5.65 Å². The summed E-state index contributed by atoms with van der Waals surface area (Å²) < 4.78 is 33.2. The molecule has 0 N–H and O–H groups in total. The number of aromatic nitrogens is 3. The first-order valence-corrected chi connectivity index (χ1v) is 7.00. The van der Waals surface area contributed by atoms with Gasteiger partial charge in [-0.3, -0.25) is 0 Å². The molecule has 0 aliphatic carbocycles. The van der Waals surface area contributed by atoms with Gasteiger partial charge in [-0.1, -0.05) is 18.1 Å². The van der Waals surface area contributed by atoms with Gasteiger partial charge in [-0.25, -0.2) is 18.3 Å². The third kappa shape index (κ3) is 2.73. The summed E-state index contributed by atoms with van der Waals surface area (Å²) in [5, 5.41) is 3.90. The Balaban J connectivity index is 2.21. The molecule has 3 rings (SSSR count). The second-order valence-corrected chi connectivity index (χ2v) is 4.77. The smallest absolute Gasteiger partial charge is 0.280 e. The molecule has 2 aromatic heterocycles. The lowest BCUT2D eigenvalue weighted by molar-refractivity contribution is 0.143. The third-order valence-electron chi connectivity index (χ3n) is 3.32. The van der Waals surface area contributed by atoms with Crippen molar-refractivity contribution in [2.24, 2.45) is 0 Å². The van der Waals surface area contributed by atoms with Crippen molar-refractivity contribution in [2.75, 3.05) is 6.61 Å². The molecule has 116 valence electrons. The van der Waals surface area contributed by atoms with Crippen LogP contribution in [-0.2, 0) is 0 Å². The average Bonchev–Trinajstić information content (AvgIpc) is 2.97. The Hall–Kier alpha value is -2.94. The minimum Gasteiger partial charge on any atom is -0.494 e. The summed E-state index contributed by atoms with van der Waals surface area (Å²) in [6, 6.07) is 8.43. The van der Waals surface area contributed by atoms with E-state index in [1.807, 2.05) is 6.92 Å². The molecule has 3 aromatic rings. The van der Waals surface area contributed by atoms with Crippen molar-refractivity contribution >= 4 is 5.65 Å². The van der Waals surface area contributed by atoms with Gasteiger partial charge >= 0.3 is 0 Å². The Morgan fingerprint density at radius 3 is 2.87 bits per heavy atom. The SMILES string of the molecule is C#Cc1cnn2c(C(F)F)cc(-c3cccc(OCC)c3)nc12. The molecular formula is C17H13F2N3O. The van der Waals surface area contributed by atoms with Crippen molar-refractivity contribution in [1.29, 1.82) is 0 Å². The molecule has 0 saturated carbocycles. The quantitative estimate of drug-likeness (QED) is 0.689. The van der Waals surface area contributed by atoms with E-state index in [-0.39, 0.29) is 11.3 Å². The van der Waals surface area contributed by atoms with E-state index in [1.165, 1.54) is 12.3 Å². The fraction of sp³-hybridized carbons (Fsp3) is 0.176. The third-order valence-corrected chi connectivity index (χ3v) is 3.32. The van der Waals surface area contributed by atoms with Crippen LogP contribution in [0.25, 0.3) is 16.9 Å². The zero-order valence-corrected chi connectivity index (χ0v) is 12.3. The van der Waals surface area contributed by atoms with Crippen molar-refractivity contribution < 1.29 is 13.5 Å². The molecule has 2 heterocycles. The zero-order valence-electron chi connectivity index (χ0n) is 12.3. The molecule has 4 nitrogen and oxygen atoms in total. The van der Waals surface area contributed by atoms with E-state index in [0.29, 0.717) is 29.2 Å². The minimum atomic E-state index is -2.69. The van der Waals surface area contributed by atoms with Crippen molar-refractivity contribution in [2.45, 2.75) is 13.3 Å². The summed E-state index contributed by atoms with van der Waals surface area (Å²) in [6.45, 7) is 2.39. The number of hydrogen-bond acceptors (Lipinski definition) is 3. The highest BCUT2D eigenvalue weighted by Crippen LogP contribution is 2.28. The molecule has 0 bridgehead atoms. The van der Waals surface area contributed by atoms with Crippen molar-refractivity contribution in [3.8, 4) is 29.4 Å². The van der Waals surface area contributed by atoms with E-state index in [9.17, 15) is 8.78 Å². The fourth-order valence-corrected chi connectivity index (χ4v) is 2.30. The second kappa shape index (κ2) is 6.05. The summed E-state index contributed by atoms with van der Waals surface area (Å²) in [4.78, 5) is 4.39. The van der Waals surface area contributed by atoms with E-state index in [0.717, 1.165) is 4.52 Å². The maximum Gasteiger partial charge on any atom is 0.280 e. The molecule has 0 fully saturated rings. The molecule has 6 heteroatoms. The van der Waals surface area contributed by atoms with Crippen molar-refractivity contribution in [1.82, 2.24) is 14.6 Å². The van der Waals surface area contributed by atoms with Gasteiger partial charge in [-0.15, -0.1) is 6.42 Å². The molecule has 0 aliphatic rings. The Labute approximate surface area is 131 Å². The molecule has 0 spiro atoms. The number of terminal acetylenes is 1. The number of benzene rings is 1. The van der Waals surface area contributed by atoms with Crippen molar-refractivity contribution in [3.63, 3.8) is 0 Å². The maximum absolute atomic E-state index is 13.3. The predicted molar refractivity (Wildman–Crippen MR) is 82.5 cm³/mol. The zero-order chi connectivity index (χ0) is 16.4. The van der Waals surface area contributed by atoms with Crippen LogP contribution in [0.1, 0.15) is 24.6 Å². The Morgan fingerprint density at radius 2 is 2.17 bits per heavy atom. The second-order valence-electron chi connectivity index (χ2n) is 4.77. The van der Waals surface area contributed by atoms with E-state index in [4.69, 9.17) is 11.2 Å². The number of alkyl halides is 2. The first-order chi connectivity index (χ1) is 11.1. The Kier molecular flexibility index (Phi) is 3.94. The number of ether oxygens (including phenoxy) is 1. The summed E-state index contributed by atoms with van der Waals surface area (Å²) in [5.74, 6) is 3.06. The molecule has 0 aliphatic heterocycles. The lowest BCUT2D eigenvalue weighted by atomic mass is 10.1. The van der Waals surface area contributed by atoms with Gasteiger partial charge in [0.2, 0.25) is 0 Å². The van der Waals surface area contributed by atoms with Crippen molar-refractivity contribution in [3.05, 3.63) is 47.8 Å². The van der Waals surface area contributed by atoms with Crippen LogP contribution in [-0.4, -0.2) is 21.2 Å². The van der Waals surface area contributed by atoms with Gasteiger partial charge in [0.25, 0.3) is 6.43 Å². The number of hydrogen-bond donors (Lipinski definition) is 0. The van der Waals surface area contributed by atoms with Gasteiger partial charge in [0.05, 0.1) is 24.1 Å². The number of halogens is 2. The minimum absolute atomic E-state index is 0.238. The van der Waals surface area contributed by atoms with Crippen LogP contribution in [0.3, 0.4) is 0 Å². The normalized spacial score (nSPS) is 10.9. The number of nitrogens with zero attached hydrogens (tertiary/aromatic N) is 3. The van der Waals surface area contributed by atoms with Crippen LogP contribution >= 0.6 is 0 Å². The molecule has 0 unspecified atom stereocenters. The lowest BCUT2D eigenvalue weighted by Gasteiger charge is -2.09. The van der Waals surface area contributed by atoms with Crippen LogP contribution in [0.4, 0.5) is 8.78 Å². The molecule has 0 amide bonds. The predicted octanol–water partition coefficient (Wildman–Crippen LogP) is 3.71. The van der Waals surface area contributed by atoms with Crippen LogP contribution in [0, 0.1) is 12.3 Å². The first kappa shape index (κ1) is 15.0. The van der Waals surface area contributed by atoms with E-state index in [1.54, 1.807) is 24.3 Å². The van der Waals surface area contributed by atoms with Gasteiger partial charge in [-0.2, -0.15) is 5.10 Å². The fourth-order valence-electron chi connectivity index (χ4n) is 2.30. The largest absolute Gasteiger partial charge is 0.494 e. The maximum atomic E-state index is 13.3. The number of rotatable bonds is 4.